The van der Waals surface area contributed by atoms with Crippen molar-refractivity contribution in [2.75, 3.05) is 0 Å². The van der Waals surface area contributed by atoms with Crippen molar-refractivity contribution in [2.45, 2.75) is 317 Å². The number of nitrogens with zero attached hydrogens (tertiary/aromatic N) is 1. The summed E-state index contributed by atoms with van der Waals surface area (Å²) in [5.41, 5.74) is 5.47. The minimum absolute atomic E-state index is 0.0203. The van der Waals surface area contributed by atoms with E-state index in [1.807, 2.05) is 4.40 Å². The fraction of sp³-hybridized carbons (Fsp3) is 0.788. The van der Waals surface area contributed by atoms with E-state index >= 15 is 9.59 Å². The van der Waals surface area contributed by atoms with Crippen LogP contribution >= 0.6 is 31.9 Å². The maximum atomic E-state index is 15.5. The highest BCUT2D eigenvalue weighted by Crippen LogP contribution is 2.41. The normalized spacial score (nSPS) is 15.9. The van der Waals surface area contributed by atoms with Gasteiger partial charge in [0.05, 0.1) is 15.3 Å². The van der Waals surface area contributed by atoms with Gasteiger partial charge in [0.25, 0.3) is 5.56 Å². The molecule has 2 aromatic heterocycles. The fourth-order valence-corrected chi connectivity index (χ4v) is 13.4. The summed E-state index contributed by atoms with van der Waals surface area (Å²) >= 11 is 7.78. The summed E-state index contributed by atoms with van der Waals surface area (Å²) in [7, 11) is 0. The first kappa shape index (κ1) is 62.1. The van der Waals surface area contributed by atoms with Crippen LogP contribution < -0.4 is 10.8 Å². The molecule has 0 amide bonds. The SMILES string of the molecule is CCCCCCCCCCCCC(CCCCCCCCCC)CC1=c2c(c(CC(CCCCCCCCCC)CCCCCCCCCCCC)c3ccc(Br)n3c2=O)C(=O)CC2CCC(Br)=CC=C12. The number of pyridine rings is 1. The molecular formula is C66H109Br2NO2. The van der Waals surface area contributed by atoms with Gasteiger partial charge in [-0.15, -0.1) is 0 Å². The zero-order valence-corrected chi connectivity index (χ0v) is 50.1. The molecule has 0 aliphatic heterocycles. The molecule has 3 nitrogen and oxygen atoms in total. The highest BCUT2D eigenvalue weighted by atomic mass is 79.9. The molecule has 3 unspecified atom stereocenters. The largest absolute Gasteiger partial charge is 0.294 e. The summed E-state index contributed by atoms with van der Waals surface area (Å²) in [5, 5.41) is 0.767. The second-order valence-corrected chi connectivity index (χ2v) is 24.9. The Balaban J connectivity index is 1.69. The molecule has 2 aliphatic carbocycles. The molecule has 3 atom stereocenters. The van der Waals surface area contributed by atoms with Gasteiger partial charge in [0.2, 0.25) is 0 Å². The fourth-order valence-electron chi connectivity index (χ4n) is 12.5. The van der Waals surface area contributed by atoms with Gasteiger partial charge in [-0.25, -0.2) is 0 Å². The Kier molecular flexibility index (Phi) is 34.1. The van der Waals surface area contributed by atoms with E-state index in [1.165, 1.54) is 278 Å². The second kappa shape index (κ2) is 39.0. The van der Waals surface area contributed by atoms with E-state index in [0.717, 1.165) is 46.6 Å². The molecule has 71 heavy (non-hydrogen) atoms. The van der Waals surface area contributed by atoms with Crippen molar-refractivity contribution in [3.63, 3.8) is 0 Å². The Morgan fingerprint density at radius 2 is 0.873 bits per heavy atom. The topological polar surface area (TPSA) is 38.5 Å². The Hall–Kier alpha value is -1.46. The molecular weight excluding hydrogens is 999 g/mol. The summed E-state index contributed by atoms with van der Waals surface area (Å²) in [6.45, 7) is 9.23. The molecule has 2 heterocycles. The van der Waals surface area contributed by atoms with Crippen molar-refractivity contribution in [3.8, 4) is 0 Å². The number of fused-ring (bicyclic) bond motifs is 3. The number of Topliss-reactive ketones (excluding diaryl/α,β-unsaturated/α-hetero) is 1. The lowest BCUT2D eigenvalue weighted by molar-refractivity contribution is 0.0965. The van der Waals surface area contributed by atoms with Crippen LogP contribution in [0.3, 0.4) is 0 Å². The molecule has 0 radical (unpaired) electrons. The summed E-state index contributed by atoms with van der Waals surface area (Å²) in [6.07, 6.45) is 62.0. The Morgan fingerprint density at radius 3 is 1.28 bits per heavy atom. The first-order valence-electron chi connectivity index (χ1n) is 31.3. The van der Waals surface area contributed by atoms with Crippen molar-refractivity contribution < 1.29 is 4.79 Å². The van der Waals surface area contributed by atoms with E-state index in [9.17, 15) is 0 Å². The molecule has 404 valence electrons. The smallest absolute Gasteiger partial charge is 0.264 e. The van der Waals surface area contributed by atoms with Gasteiger partial charge in [-0.3, -0.25) is 14.0 Å². The standard InChI is InChI=1S/C66H109Br2NO2/c1-5-9-13-17-21-25-27-31-35-38-42-54(41-37-33-29-23-19-15-11-7-3)51-59-58-48-47-57(67)46-45-56(58)53-62(70)64-60(61-49-50-63(68)69(61)66(71)65(59)64)52-55(43-39-34-30-24-20-16-12-8-4)44-40-36-32-28-26-22-18-14-10-6-2/h47-50,54-56H,5-46,51-53H2,1-4H3. The van der Waals surface area contributed by atoms with Crippen LogP contribution in [0.2, 0.25) is 0 Å². The summed E-state index contributed by atoms with van der Waals surface area (Å²) in [4.78, 5) is 30.8. The van der Waals surface area contributed by atoms with Crippen LogP contribution in [0.1, 0.15) is 326 Å². The number of unbranched alkanes of at least 4 members (excludes halogenated alkanes) is 32. The van der Waals surface area contributed by atoms with Gasteiger partial charge in [-0.2, -0.15) is 0 Å². The van der Waals surface area contributed by atoms with Gasteiger partial charge in [0.15, 0.2) is 5.78 Å². The molecule has 0 saturated carbocycles. The molecule has 2 aromatic rings. The van der Waals surface area contributed by atoms with E-state index < -0.39 is 0 Å². The number of halogens is 2. The molecule has 5 heteroatoms. The summed E-state index contributed by atoms with van der Waals surface area (Å²) in [5.74, 6) is 1.37. The number of allylic oxidation sites excluding steroid dienone is 4. The van der Waals surface area contributed by atoms with Gasteiger partial charge in [-0.1, -0.05) is 313 Å². The minimum Gasteiger partial charge on any atom is -0.294 e. The molecule has 0 N–H and O–H groups in total. The molecule has 4 rings (SSSR count). The van der Waals surface area contributed by atoms with Crippen molar-refractivity contribution in [3.05, 3.63) is 65.6 Å². The van der Waals surface area contributed by atoms with E-state index in [0.29, 0.717) is 18.3 Å². The van der Waals surface area contributed by atoms with Crippen molar-refractivity contribution in [1.29, 1.82) is 0 Å². The lowest BCUT2D eigenvalue weighted by atomic mass is 9.81. The zero-order chi connectivity index (χ0) is 50.7. The molecule has 0 spiro atoms. The third-order valence-electron chi connectivity index (χ3n) is 16.9. The number of carbonyl (C=O) groups excluding carboxylic acids is 1. The Morgan fingerprint density at radius 1 is 0.493 bits per heavy atom. The van der Waals surface area contributed by atoms with Crippen molar-refractivity contribution in [1.82, 2.24) is 4.40 Å². The number of hydrogen-bond acceptors (Lipinski definition) is 2. The average molecular weight is 1110 g/mol. The molecule has 0 aromatic carbocycles. The van der Waals surface area contributed by atoms with E-state index in [2.05, 4.69) is 83.8 Å². The predicted molar refractivity (Wildman–Crippen MR) is 319 cm³/mol. The van der Waals surface area contributed by atoms with Crippen LogP contribution in [0.4, 0.5) is 0 Å². The Bertz CT molecular complexity index is 1910. The van der Waals surface area contributed by atoms with Crippen molar-refractivity contribution in [2.24, 2.45) is 17.8 Å². The van der Waals surface area contributed by atoms with Gasteiger partial charge < -0.3 is 0 Å². The maximum Gasteiger partial charge on any atom is 0.264 e. The van der Waals surface area contributed by atoms with Crippen LogP contribution in [0, 0.1) is 17.8 Å². The minimum atomic E-state index is 0.0203. The van der Waals surface area contributed by atoms with Gasteiger partial charge in [-0.05, 0) is 92.7 Å². The second-order valence-electron chi connectivity index (χ2n) is 23.1. The number of aromatic nitrogens is 1. The Labute approximate surface area is 455 Å². The first-order valence-corrected chi connectivity index (χ1v) is 32.9. The number of rotatable bonds is 44. The zero-order valence-electron chi connectivity index (χ0n) is 46.9. The van der Waals surface area contributed by atoms with Crippen LogP contribution in [-0.2, 0) is 6.42 Å². The third kappa shape index (κ3) is 23.5. The highest BCUT2D eigenvalue weighted by molar-refractivity contribution is 9.11. The van der Waals surface area contributed by atoms with Crippen molar-refractivity contribution >= 4 is 48.7 Å². The monoisotopic (exact) mass is 1110 g/mol. The summed E-state index contributed by atoms with van der Waals surface area (Å²) in [6, 6.07) is 4.23. The third-order valence-corrected chi connectivity index (χ3v) is 18.2. The van der Waals surface area contributed by atoms with Crippen LogP contribution in [0.5, 0.6) is 0 Å². The van der Waals surface area contributed by atoms with Crippen LogP contribution in [-0.4, -0.2) is 10.2 Å². The molecule has 0 saturated heterocycles. The number of carbonyl (C=O) groups is 1. The van der Waals surface area contributed by atoms with Gasteiger partial charge in [0, 0.05) is 12.0 Å². The summed E-state index contributed by atoms with van der Waals surface area (Å²) < 4.78 is 3.99. The average Bonchev–Trinajstić information content (AvgIpc) is 3.61. The number of hydrogen-bond donors (Lipinski definition) is 0. The number of ketones is 1. The lowest BCUT2D eigenvalue weighted by Crippen LogP contribution is -2.39. The van der Waals surface area contributed by atoms with Crippen LogP contribution in [0.15, 0.2) is 43.7 Å². The predicted octanol–water partition coefficient (Wildman–Crippen LogP) is 22.0. The maximum absolute atomic E-state index is 15.5. The lowest BCUT2D eigenvalue weighted by Gasteiger charge is -2.24. The first-order chi connectivity index (χ1) is 34.8. The van der Waals surface area contributed by atoms with Gasteiger partial charge >= 0.3 is 0 Å². The van der Waals surface area contributed by atoms with E-state index in [-0.39, 0.29) is 17.3 Å². The van der Waals surface area contributed by atoms with E-state index in [1.54, 1.807) is 0 Å². The molecule has 0 fully saturated rings. The highest BCUT2D eigenvalue weighted by Gasteiger charge is 2.34. The van der Waals surface area contributed by atoms with Gasteiger partial charge in [0.1, 0.15) is 0 Å². The molecule has 0 bridgehead atoms. The quantitative estimate of drug-likeness (QED) is 0.0620. The van der Waals surface area contributed by atoms with Crippen LogP contribution in [0.25, 0.3) is 11.1 Å². The van der Waals surface area contributed by atoms with E-state index in [4.69, 9.17) is 0 Å². The molecule has 2 aliphatic rings.